The lowest BCUT2D eigenvalue weighted by molar-refractivity contribution is 0.104. The van der Waals surface area contributed by atoms with Gasteiger partial charge in [0.1, 0.15) is 12.4 Å². The van der Waals surface area contributed by atoms with Crippen LogP contribution in [0.15, 0.2) is 108 Å². The van der Waals surface area contributed by atoms with Gasteiger partial charge in [-0.3, -0.25) is 4.79 Å². The highest BCUT2D eigenvalue weighted by atomic mass is 35.5. The molecule has 0 fully saturated rings. The van der Waals surface area contributed by atoms with Crippen LogP contribution in [0.3, 0.4) is 0 Å². The summed E-state index contributed by atoms with van der Waals surface area (Å²) in [6.45, 7) is 0.507. The Morgan fingerprint density at radius 1 is 0.735 bits per heavy atom. The molecule has 0 heterocycles. The van der Waals surface area contributed by atoms with Crippen LogP contribution in [0, 0.1) is 0 Å². The summed E-state index contributed by atoms with van der Waals surface area (Å²) in [5.41, 5.74) is 3.73. The van der Waals surface area contributed by atoms with E-state index < -0.39 is 0 Å². The van der Waals surface area contributed by atoms with E-state index in [1.54, 1.807) is 24.3 Å². The Labute approximate surface area is 214 Å². The van der Waals surface area contributed by atoms with Crippen LogP contribution in [0.1, 0.15) is 27.0 Å². The zero-order valence-corrected chi connectivity index (χ0v) is 20.6. The van der Waals surface area contributed by atoms with Crippen molar-refractivity contribution in [3.8, 4) is 5.75 Å². The summed E-state index contributed by atoms with van der Waals surface area (Å²) in [6.07, 6.45) is 1.92. The van der Waals surface area contributed by atoms with Crippen LogP contribution in [0.25, 0.3) is 6.08 Å². The van der Waals surface area contributed by atoms with Gasteiger partial charge in [-0.1, -0.05) is 77.8 Å². The van der Waals surface area contributed by atoms with Crippen LogP contribution in [0.4, 0.5) is 0 Å². The molecule has 0 bridgehead atoms. The Hall–Kier alpha value is -2.98. The Morgan fingerprint density at radius 3 is 2.00 bits per heavy atom. The Bertz CT molecular complexity index is 1250. The largest absolute Gasteiger partial charge is 0.489 e. The van der Waals surface area contributed by atoms with Gasteiger partial charge in [0.05, 0.1) is 4.91 Å². The molecular weight excluding hydrogens is 483 g/mol. The first kappa shape index (κ1) is 24.2. The summed E-state index contributed by atoms with van der Waals surface area (Å²) < 4.78 is 5.88. The van der Waals surface area contributed by atoms with Crippen molar-refractivity contribution < 1.29 is 9.53 Å². The molecule has 2 nitrogen and oxygen atoms in total. The molecule has 0 amide bonds. The van der Waals surface area contributed by atoms with Gasteiger partial charge in [0.25, 0.3) is 0 Å². The fourth-order valence-electron chi connectivity index (χ4n) is 3.21. The topological polar surface area (TPSA) is 26.3 Å². The summed E-state index contributed by atoms with van der Waals surface area (Å²) in [6, 6.07) is 32.4. The summed E-state index contributed by atoms with van der Waals surface area (Å²) >= 11 is 13.5. The third-order valence-electron chi connectivity index (χ3n) is 5.06. The van der Waals surface area contributed by atoms with E-state index >= 15 is 0 Å². The van der Waals surface area contributed by atoms with Crippen LogP contribution in [-0.4, -0.2) is 5.78 Å². The Balaban J connectivity index is 1.51. The van der Waals surface area contributed by atoms with Crippen molar-refractivity contribution in [1.82, 2.24) is 0 Å². The number of Topliss-reactive ketones (excluding diaryl/α,β-unsaturated/α-hetero) is 1. The third kappa shape index (κ3) is 7.01. The van der Waals surface area contributed by atoms with Gasteiger partial charge in [0.2, 0.25) is 0 Å². The molecule has 4 aromatic carbocycles. The summed E-state index contributed by atoms with van der Waals surface area (Å²) in [7, 11) is 0. The molecule has 0 aliphatic rings. The molecule has 34 heavy (non-hydrogen) atoms. The normalized spacial score (nSPS) is 11.3. The van der Waals surface area contributed by atoms with Gasteiger partial charge in [-0.2, -0.15) is 0 Å². The number of halogens is 2. The van der Waals surface area contributed by atoms with Crippen molar-refractivity contribution in [2.45, 2.75) is 12.4 Å². The fourth-order valence-corrected chi connectivity index (χ4v) is 4.45. The molecule has 4 aromatic rings. The lowest BCUT2D eigenvalue weighted by atomic mass is 10.1. The highest BCUT2D eigenvalue weighted by molar-refractivity contribution is 8.03. The number of thioether (sulfide) groups is 1. The van der Waals surface area contributed by atoms with Crippen LogP contribution >= 0.6 is 35.0 Å². The van der Waals surface area contributed by atoms with Crippen molar-refractivity contribution in [1.29, 1.82) is 0 Å². The van der Waals surface area contributed by atoms with E-state index in [1.807, 2.05) is 84.9 Å². The van der Waals surface area contributed by atoms with Crippen molar-refractivity contribution in [3.63, 3.8) is 0 Å². The lowest BCUT2D eigenvalue weighted by Crippen LogP contribution is -2.01. The SMILES string of the molecule is O=C(/C(=C\c1ccc(OCc2ccccc2)cc1)SCc1ccc(Cl)cc1)c1ccc(Cl)cc1. The van der Waals surface area contributed by atoms with Crippen molar-refractivity contribution in [2.24, 2.45) is 0 Å². The molecule has 0 atom stereocenters. The molecule has 0 spiro atoms. The first-order valence-corrected chi connectivity index (χ1v) is 12.5. The van der Waals surface area contributed by atoms with E-state index in [2.05, 4.69) is 0 Å². The zero-order valence-electron chi connectivity index (χ0n) is 18.3. The van der Waals surface area contributed by atoms with Crippen LogP contribution in [0.5, 0.6) is 5.75 Å². The highest BCUT2D eigenvalue weighted by Gasteiger charge is 2.14. The molecule has 170 valence electrons. The number of hydrogen-bond acceptors (Lipinski definition) is 3. The van der Waals surface area contributed by atoms with E-state index in [9.17, 15) is 4.79 Å². The molecule has 0 aliphatic heterocycles. The quantitative estimate of drug-likeness (QED) is 0.168. The molecular formula is C29H22Cl2O2S. The van der Waals surface area contributed by atoms with E-state index in [1.165, 1.54) is 11.8 Å². The van der Waals surface area contributed by atoms with Crippen LogP contribution in [0.2, 0.25) is 10.0 Å². The molecule has 5 heteroatoms. The van der Waals surface area contributed by atoms with E-state index in [0.29, 0.717) is 32.9 Å². The smallest absolute Gasteiger partial charge is 0.199 e. The number of hydrogen-bond donors (Lipinski definition) is 0. The average molecular weight is 505 g/mol. The van der Waals surface area contributed by atoms with Crippen molar-refractivity contribution in [3.05, 3.63) is 140 Å². The Kier molecular flexibility index (Phi) is 8.48. The average Bonchev–Trinajstić information content (AvgIpc) is 2.87. The van der Waals surface area contributed by atoms with Gasteiger partial charge < -0.3 is 4.74 Å². The minimum atomic E-state index is -0.0416. The van der Waals surface area contributed by atoms with Crippen molar-refractivity contribution in [2.75, 3.05) is 0 Å². The fraction of sp³-hybridized carbons (Fsp3) is 0.0690. The maximum absolute atomic E-state index is 13.3. The van der Waals surface area contributed by atoms with Gasteiger partial charge in [-0.15, -0.1) is 11.8 Å². The minimum absolute atomic E-state index is 0.0416. The third-order valence-corrected chi connectivity index (χ3v) is 6.66. The number of ketones is 1. The van der Waals surface area contributed by atoms with Gasteiger partial charge in [-0.05, 0) is 71.3 Å². The van der Waals surface area contributed by atoms with Crippen LogP contribution < -0.4 is 4.74 Å². The number of benzene rings is 4. The first-order valence-electron chi connectivity index (χ1n) is 10.7. The second kappa shape index (κ2) is 11.9. The molecule has 0 saturated heterocycles. The summed E-state index contributed by atoms with van der Waals surface area (Å²) in [5.74, 6) is 1.39. The molecule has 0 aromatic heterocycles. The number of rotatable bonds is 9. The molecule has 0 unspecified atom stereocenters. The maximum Gasteiger partial charge on any atom is 0.199 e. The Morgan fingerprint density at radius 2 is 1.35 bits per heavy atom. The number of ether oxygens (including phenoxy) is 1. The van der Waals surface area contributed by atoms with Gasteiger partial charge in [0, 0.05) is 21.4 Å². The zero-order chi connectivity index (χ0) is 23.8. The minimum Gasteiger partial charge on any atom is -0.489 e. The predicted octanol–water partition coefficient (Wildman–Crippen LogP) is 8.73. The summed E-state index contributed by atoms with van der Waals surface area (Å²) in [4.78, 5) is 13.9. The molecule has 0 radical (unpaired) electrons. The second-order valence-corrected chi connectivity index (χ2v) is 9.49. The van der Waals surface area contributed by atoms with E-state index in [0.717, 1.165) is 22.4 Å². The second-order valence-electron chi connectivity index (χ2n) is 7.60. The van der Waals surface area contributed by atoms with Gasteiger partial charge in [0.15, 0.2) is 5.78 Å². The molecule has 0 N–H and O–H groups in total. The van der Waals surface area contributed by atoms with Gasteiger partial charge >= 0.3 is 0 Å². The standard InChI is InChI=1S/C29H22Cl2O2S/c30-25-12-6-23(7-13-25)20-34-28(29(32)24-10-14-26(31)15-11-24)18-21-8-16-27(17-9-21)33-19-22-4-2-1-3-5-22/h1-18H,19-20H2/b28-18+. The number of allylic oxidation sites excluding steroid dienone is 1. The molecule has 0 aliphatic carbocycles. The maximum atomic E-state index is 13.3. The number of carbonyl (C=O) groups is 1. The van der Waals surface area contributed by atoms with Gasteiger partial charge in [-0.25, -0.2) is 0 Å². The van der Waals surface area contributed by atoms with E-state index in [-0.39, 0.29) is 5.78 Å². The highest BCUT2D eigenvalue weighted by Crippen LogP contribution is 2.29. The van der Waals surface area contributed by atoms with E-state index in [4.69, 9.17) is 27.9 Å². The number of carbonyl (C=O) groups excluding carboxylic acids is 1. The first-order chi connectivity index (χ1) is 16.6. The molecule has 4 rings (SSSR count). The lowest BCUT2D eigenvalue weighted by Gasteiger charge is -2.09. The van der Waals surface area contributed by atoms with Crippen molar-refractivity contribution >= 4 is 46.8 Å². The monoisotopic (exact) mass is 504 g/mol. The summed E-state index contributed by atoms with van der Waals surface area (Å²) in [5, 5.41) is 1.29. The molecule has 0 saturated carbocycles. The van der Waals surface area contributed by atoms with Crippen LogP contribution in [-0.2, 0) is 12.4 Å². The predicted molar refractivity (Wildman–Crippen MR) is 144 cm³/mol.